The van der Waals surface area contributed by atoms with Crippen LogP contribution in [0.3, 0.4) is 0 Å². The predicted molar refractivity (Wildman–Crippen MR) is 101 cm³/mol. The molecule has 0 unspecified atom stereocenters. The zero-order valence-electron chi connectivity index (χ0n) is 13.3. The maximum absolute atomic E-state index is 9.17. The molecule has 25 heavy (non-hydrogen) atoms. The van der Waals surface area contributed by atoms with E-state index in [0.717, 1.165) is 38.7 Å². The number of nitrogens with zero attached hydrogens (tertiary/aromatic N) is 3. The van der Waals surface area contributed by atoms with Crippen molar-refractivity contribution in [2.24, 2.45) is 0 Å². The van der Waals surface area contributed by atoms with Gasteiger partial charge in [0.15, 0.2) is 0 Å². The van der Waals surface area contributed by atoms with E-state index in [4.69, 9.17) is 4.98 Å². The highest BCUT2D eigenvalue weighted by atomic mass is 15.0. The number of imidazole rings is 1. The van der Waals surface area contributed by atoms with Crippen molar-refractivity contribution in [3.05, 3.63) is 83.6 Å². The van der Waals surface area contributed by atoms with Crippen molar-refractivity contribution in [2.75, 3.05) is 0 Å². The van der Waals surface area contributed by atoms with E-state index < -0.39 is 0 Å². The van der Waals surface area contributed by atoms with Crippen LogP contribution in [-0.2, 0) is 0 Å². The summed E-state index contributed by atoms with van der Waals surface area (Å²) in [6.45, 7) is 0. The normalized spacial score (nSPS) is 11.8. The van der Waals surface area contributed by atoms with Gasteiger partial charge in [-0.2, -0.15) is 5.26 Å². The Morgan fingerprint density at radius 3 is 2.52 bits per heavy atom. The number of nitriles is 1. The summed E-state index contributed by atoms with van der Waals surface area (Å²) in [6.07, 6.45) is 4.15. The molecule has 116 valence electrons. The van der Waals surface area contributed by atoms with E-state index in [1.807, 2.05) is 42.5 Å². The van der Waals surface area contributed by atoms with Gasteiger partial charge < -0.3 is 0 Å². The minimum atomic E-state index is 0.672. The summed E-state index contributed by atoms with van der Waals surface area (Å²) < 4.78 is 2.18. The molecule has 0 spiro atoms. The van der Waals surface area contributed by atoms with Gasteiger partial charge >= 0.3 is 0 Å². The highest BCUT2D eigenvalue weighted by Crippen LogP contribution is 2.32. The van der Waals surface area contributed by atoms with Crippen LogP contribution in [-0.4, -0.2) is 9.38 Å². The van der Waals surface area contributed by atoms with Gasteiger partial charge in [-0.1, -0.05) is 42.5 Å². The van der Waals surface area contributed by atoms with E-state index in [2.05, 4.69) is 46.9 Å². The van der Waals surface area contributed by atoms with Gasteiger partial charge in [0.1, 0.15) is 5.65 Å². The monoisotopic (exact) mass is 319 g/mol. The fraction of sp³-hybridized carbons (Fsp3) is 0. The lowest BCUT2D eigenvalue weighted by molar-refractivity contribution is 1.33. The maximum atomic E-state index is 9.17. The molecular formula is C22H13N3. The van der Waals surface area contributed by atoms with Gasteiger partial charge in [0.2, 0.25) is 0 Å². The molecule has 3 aromatic heterocycles. The molecule has 0 saturated carbocycles. The fourth-order valence-electron chi connectivity index (χ4n) is 3.43. The van der Waals surface area contributed by atoms with Gasteiger partial charge in [0, 0.05) is 10.8 Å². The Balaban J connectivity index is 1.77. The van der Waals surface area contributed by atoms with Crippen molar-refractivity contribution in [1.82, 2.24) is 9.38 Å². The van der Waals surface area contributed by atoms with E-state index in [1.54, 1.807) is 0 Å². The van der Waals surface area contributed by atoms with Gasteiger partial charge in [-0.3, -0.25) is 4.40 Å². The van der Waals surface area contributed by atoms with E-state index in [1.165, 1.54) is 0 Å². The average Bonchev–Trinajstić information content (AvgIpc) is 3.20. The van der Waals surface area contributed by atoms with E-state index in [0.29, 0.717) is 5.56 Å². The second-order valence-electron chi connectivity index (χ2n) is 6.07. The smallest absolute Gasteiger partial charge is 0.146 e. The first-order valence-corrected chi connectivity index (χ1v) is 8.15. The summed E-state index contributed by atoms with van der Waals surface area (Å²) in [5, 5.41) is 11.3. The first-order chi connectivity index (χ1) is 12.3. The number of fused-ring (bicyclic) bond motifs is 3. The predicted octanol–water partition coefficient (Wildman–Crippen LogP) is 5.12. The molecule has 2 aromatic carbocycles. The van der Waals surface area contributed by atoms with Crippen LogP contribution in [0.4, 0.5) is 0 Å². The Labute approximate surface area is 144 Å². The molecule has 0 fully saturated rings. The molecule has 3 heterocycles. The molecule has 0 aliphatic carbocycles. The Morgan fingerprint density at radius 1 is 0.840 bits per heavy atom. The second-order valence-corrected chi connectivity index (χ2v) is 6.07. The third-order valence-electron chi connectivity index (χ3n) is 4.59. The Hall–Kier alpha value is -3.64. The molecule has 0 amide bonds. The van der Waals surface area contributed by atoms with Crippen LogP contribution in [0.15, 0.2) is 66.7 Å². The average molecular weight is 319 g/mol. The molecule has 0 saturated heterocycles. The van der Waals surface area contributed by atoms with Crippen LogP contribution in [0, 0.1) is 11.3 Å². The minimum absolute atomic E-state index is 0.672. The summed E-state index contributed by atoms with van der Waals surface area (Å²) in [5.41, 5.74) is 5.89. The van der Waals surface area contributed by atoms with Gasteiger partial charge in [-0.15, -0.1) is 0 Å². The van der Waals surface area contributed by atoms with Crippen molar-refractivity contribution in [3.8, 4) is 6.07 Å². The molecule has 5 rings (SSSR count). The van der Waals surface area contributed by atoms with Crippen LogP contribution in [0.25, 0.3) is 39.6 Å². The lowest BCUT2D eigenvalue weighted by atomic mass is 10.1. The third kappa shape index (κ3) is 2.02. The Kier molecular flexibility index (Phi) is 2.86. The standard InChI is InChI=1S/C22H13N3/c23-14-16-9-11-17-18(13-16)20-7-4-8-21-19(24-22(17)25(20)21)12-10-15-5-2-1-3-6-15/h1-13H/b12-10+. The quantitative estimate of drug-likeness (QED) is 0.453. The first-order valence-electron chi connectivity index (χ1n) is 8.15. The van der Waals surface area contributed by atoms with Gasteiger partial charge in [0.05, 0.1) is 28.4 Å². The van der Waals surface area contributed by atoms with Crippen molar-refractivity contribution in [2.45, 2.75) is 0 Å². The summed E-state index contributed by atoms with van der Waals surface area (Å²) >= 11 is 0. The molecule has 0 atom stereocenters. The SMILES string of the molecule is N#Cc1ccc2c(c1)c1cccc3c(/C=C/c4ccccc4)nc2n31. The molecule has 0 N–H and O–H groups in total. The lowest BCUT2D eigenvalue weighted by Gasteiger charge is -1.97. The topological polar surface area (TPSA) is 41.1 Å². The highest BCUT2D eigenvalue weighted by molar-refractivity contribution is 6.09. The van der Waals surface area contributed by atoms with Gasteiger partial charge in [-0.05, 0) is 42.0 Å². The second kappa shape index (κ2) is 5.19. The number of benzene rings is 2. The number of aromatic nitrogens is 2. The largest absolute Gasteiger partial charge is 0.292 e. The molecular weight excluding hydrogens is 306 g/mol. The summed E-state index contributed by atoms with van der Waals surface area (Å²) in [6, 6.07) is 24.4. The number of hydrogen-bond acceptors (Lipinski definition) is 2. The maximum Gasteiger partial charge on any atom is 0.146 e. The highest BCUT2D eigenvalue weighted by Gasteiger charge is 2.15. The van der Waals surface area contributed by atoms with Crippen molar-refractivity contribution >= 4 is 39.6 Å². The Bertz CT molecular complexity index is 1290. The zero-order chi connectivity index (χ0) is 16.8. The Morgan fingerprint density at radius 2 is 1.68 bits per heavy atom. The minimum Gasteiger partial charge on any atom is -0.292 e. The number of rotatable bonds is 2. The fourth-order valence-corrected chi connectivity index (χ4v) is 3.43. The first kappa shape index (κ1) is 13.8. The van der Waals surface area contributed by atoms with Crippen LogP contribution >= 0.6 is 0 Å². The zero-order valence-corrected chi connectivity index (χ0v) is 13.3. The van der Waals surface area contributed by atoms with Crippen LogP contribution in [0.2, 0.25) is 0 Å². The summed E-state index contributed by atoms with van der Waals surface area (Å²) in [5.74, 6) is 0. The molecule has 5 aromatic rings. The molecule has 0 aliphatic heterocycles. The van der Waals surface area contributed by atoms with Crippen LogP contribution in [0.1, 0.15) is 16.8 Å². The lowest BCUT2D eigenvalue weighted by Crippen LogP contribution is -1.82. The van der Waals surface area contributed by atoms with Crippen molar-refractivity contribution < 1.29 is 0 Å². The number of hydrogen-bond donors (Lipinski definition) is 0. The van der Waals surface area contributed by atoms with E-state index in [-0.39, 0.29) is 0 Å². The summed E-state index contributed by atoms with van der Waals surface area (Å²) in [4.78, 5) is 4.87. The van der Waals surface area contributed by atoms with Crippen LogP contribution < -0.4 is 0 Å². The number of pyridine rings is 1. The molecule has 3 heteroatoms. The van der Waals surface area contributed by atoms with Crippen LogP contribution in [0.5, 0.6) is 0 Å². The van der Waals surface area contributed by atoms with E-state index >= 15 is 0 Å². The van der Waals surface area contributed by atoms with E-state index in [9.17, 15) is 5.26 Å². The summed E-state index contributed by atoms with van der Waals surface area (Å²) in [7, 11) is 0. The van der Waals surface area contributed by atoms with Gasteiger partial charge in [-0.25, -0.2) is 4.98 Å². The molecule has 0 bridgehead atoms. The van der Waals surface area contributed by atoms with Crippen molar-refractivity contribution in [1.29, 1.82) is 5.26 Å². The molecule has 3 nitrogen and oxygen atoms in total. The molecule has 0 radical (unpaired) electrons. The molecule has 0 aliphatic rings. The van der Waals surface area contributed by atoms with Gasteiger partial charge in [0.25, 0.3) is 0 Å². The third-order valence-corrected chi connectivity index (χ3v) is 4.59. The van der Waals surface area contributed by atoms with Crippen molar-refractivity contribution in [3.63, 3.8) is 0 Å².